The zero-order valence-electron chi connectivity index (χ0n) is 21.7. The lowest BCUT2D eigenvalue weighted by Gasteiger charge is -2.48. The minimum Gasteiger partial charge on any atom is -0.462 e. The first-order valence-electron chi connectivity index (χ1n) is 13.4. The fourth-order valence-corrected chi connectivity index (χ4v) is 6.87. The van der Waals surface area contributed by atoms with Crippen LogP contribution >= 0.6 is 0 Å². The minimum absolute atomic E-state index is 0.0900. The number of amides is 1. The van der Waals surface area contributed by atoms with Crippen LogP contribution in [0.1, 0.15) is 45.2 Å². The molecule has 6 nitrogen and oxygen atoms in total. The maximum atomic E-state index is 13.6. The second-order valence-electron chi connectivity index (χ2n) is 10.7. The van der Waals surface area contributed by atoms with Crippen molar-refractivity contribution in [3.63, 3.8) is 0 Å². The summed E-state index contributed by atoms with van der Waals surface area (Å²) in [6, 6.07) is 10.5. The molecule has 1 amide bonds. The van der Waals surface area contributed by atoms with Crippen LogP contribution in [0.25, 0.3) is 17.2 Å². The van der Waals surface area contributed by atoms with Crippen LogP contribution in [0.15, 0.2) is 48.7 Å². The van der Waals surface area contributed by atoms with Crippen molar-refractivity contribution >= 4 is 18.1 Å². The average Bonchev–Trinajstić information content (AvgIpc) is 3.19. The predicted octanol–water partition coefficient (Wildman–Crippen LogP) is 5.97. The molecular weight excluding hydrogens is 471 g/mol. The summed E-state index contributed by atoms with van der Waals surface area (Å²) in [6.07, 6.45) is 9.24. The average molecular weight is 507 g/mol. The van der Waals surface area contributed by atoms with Crippen molar-refractivity contribution < 1.29 is 23.5 Å². The molecule has 1 aliphatic heterocycles. The number of carbonyl (C=O) groups excluding carboxylic acids is 2. The van der Waals surface area contributed by atoms with Crippen LogP contribution in [0.2, 0.25) is 0 Å². The van der Waals surface area contributed by atoms with Gasteiger partial charge in [0, 0.05) is 30.8 Å². The van der Waals surface area contributed by atoms with Gasteiger partial charge in [0.05, 0.1) is 18.2 Å². The van der Waals surface area contributed by atoms with E-state index in [0.29, 0.717) is 18.4 Å². The van der Waals surface area contributed by atoms with Gasteiger partial charge in [-0.05, 0) is 87.1 Å². The Balaban J connectivity index is 1.35. The van der Waals surface area contributed by atoms with E-state index in [1.54, 1.807) is 17.2 Å². The summed E-state index contributed by atoms with van der Waals surface area (Å²) in [7, 11) is 1.82. The van der Waals surface area contributed by atoms with Gasteiger partial charge in [-0.2, -0.15) is 0 Å². The molecular formula is C30H35FN2O4. The first kappa shape index (κ1) is 25.4. The van der Waals surface area contributed by atoms with Crippen LogP contribution < -0.4 is 0 Å². The zero-order valence-corrected chi connectivity index (χ0v) is 21.7. The Kier molecular flexibility index (Phi) is 7.31. The summed E-state index contributed by atoms with van der Waals surface area (Å²) in [5.74, 6) is 0.641. The smallest absolute Gasteiger partial charge is 0.409 e. The molecule has 1 saturated heterocycles. The van der Waals surface area contributed by atoms with E-state index in [4.69, 9.17) is 9.47 Å². The highest BCUT2D eigenvalue weighted by atomic mass is 19.1. The molecule has 37 heavy (non-hydrogen) atoms. The van der Waals surface area contributed by atoms with Crippen molar-refractivity contribution in [3.8, 4) is 11.1 Å². The van der Waals surface area contributed by atoms with E-state index in [9.17, 15) is 14.0 Å². The first-order chi connectivity index (χ1) is 17.9. The second kappa shape index (κ2) is 10.6. The van der Waals surface area contributed by atoms with Gasteiger partial charge in [-0.15, -0.1) is 0 Å². The lowest BCUT2D eigenvalue weighted by Crippen LogP contribution is -2.48. The lowest BCUT2D eigenvalue weighted by atomic mass is 9.56. The van der Waals surface area contributed by atoms with E-state index in [1.807, 2.05) is 45.2 Å². The normalized spacial score (nSPS) is 30.9. The van der Waals surface area contributed by atoms with Gasteiger partial charge >= 0.3 is 12.1 Å². The van der Waals surface area contributed by atoms with Crippen molar-refractivity contribution in [2.75, 3.05) is 13.7 Å². The number of hydrogen-bond donors (Lipinski definition) is 0. The lowest BCUT2D eigenvalue weighted by molar-refractivity contribution is -0.144. The number of nitrogens with zero attached hydrogens (tertiary/aromatic N) is 2. The topological polar surface area (TPSA) is 68.7 Å². The molecule has 0 bridgehead atoms. The summed E-state index contributed by atoms with van der Waals surface area (Å²) in [5, 5.41) is 0. The van der Waals surface area contributed by atoms with Crippen LogP contribution in [0.4, 0.5) is 9.18 Å². The molecule has 7 heteroatoms. The van der Waals surface area contributed by atoms with Gasteiger partial charge in [-0.1, -0.05) is 24.3 Å². The van der Waals surface area contributed by atoms with Crippen LogP contribution in [0.3, 0.4) is 0 Å². The van der Waals surface area contributed by atoms with E-state index in [0.717, 1.165) is 42.5 Å². The molecule has 2 saturated carbocycles. The number of fused-ring (bicyclic) bond motifs is 2. The summed E-state index contributed by atoms with van der Waals surface area (Å²) < 4.78 is 24.5. The molecule has 2 aromatic rings. The molecule has 1 aromatic heterocycles. The fraction of sp³-hybridized carbons (Fsp3) is 0.500. The highest BCUT2D eigenvalue weighted by Gasteiger charge is 2.54. The summed E-state index contributed by atoms with van der Waals surface area (Å²) >= 11 is 0. The molecule has 1 aromatic carbocycles. The summed E-state index contributed by atoms with van der Waals surface area (Å²) in [4.78, 5) is 31.4. The number of ether oxygens (including phenoxy) is 2. The third-order valence-corrected chi connectivity index (χ3v) is 8.66. The number of esters is 1. The maximum absolute atomic E-state index is 13.6. The van der Waals surface area contributed by atoms with Gasteiger partial charge in [0.1, 0.15) is 11.9 Å². The first-order valence-corrected chi connectivity index (χ1v) is 13.4. The molecule has 0 unspecified atom stereocenters. The zero-order chi connectivity index (χ0) is 26.1. The van der Waals surface area contributed by atoms with Crippen molar-refractivity contribution in [3.05, 3.63) is 60.2 Å². The molecule has 2 heterocycles. The van der Waals surface area contributed by atoms with Crippen LogP contribution in [-0.4, -0.2) is 47.7 Å². The predicted molar refractivity (Wildman–Crippen MR) is 139 cm³/mol. The van der Waals surface area contributed by atoms with Crippen molar-refractivity contribution in [1.82, 2.24) is 9.88 Å². The van der Waals surface area contributed by atoms with E-state index in [2.05, 4.69) is 11.1 Å². The van der Waals surface area contributed by atoms with Crippen LogP contribution in [0.5, 0.6) is 0 Å². The molecule has 0 radical (unpaired) electrons. The van der Waals surface area contributed by atoms with E-state index < -0.39 is 0 Å². The van der Waals surface area contributed by atoms with E-state index in [1.165, 1.54) is 12.1 Å². The molecule has 196 valence electrons. The summed E-state index contributed by atoms with van der Waals surface area (Å²) in [6.45, 7) is 4.19. The fourth-order valence-electron chi connectivity index (χ4n) is 6.87. The quantitative estimate of drug-likeness (QED) is 0.467. The molecule has 5 rings (SSSR count). The number of rotatable bonds is 5. The SMILES string of the molecule is CCOC(=O)N(C)[C@@H]1CC[C@@H]2[C@@H](C1)C[C@H]1C(=O)O[C@H](C)[C@H]1[C@H]2C=Cc1ccc(-c2cccc(F)c2)cn1. The van der Waals surface area contributed by atoms with Crippen LogP contribution in [-0.2, 0) is 14.3 Å². The Morgan fingerprint density at radius 2 is 2.05 bits per heavy atom. The molecule has 2 aliphatic carbocycles. The number of benzene rings is 1. The van der Waals surface area contributed by atoms with Gasteiger partial charge in [0.15, 0.2) is 0 Å². The van der Waals surface area contributed by atoms with Crippen molar-refractivity contribution in [2.45, 2.75) is 51.7 Å². The molecule has 3 aliphatic rings. The molecule has 7 atom stereocenters. The van der Waals surface area contributed by atoms with E-state index in [-0.39, 0.29) is 47.8 Å². The molecule has 0 N–H and O–H groups in total. The standard InChI is InChI=1S/C30H35FN2O4/c1-4-36-30(35)33(3)24-11-13-25-21(15-24)16-27-28(18(2)37-29(27)34)26(25)12-10-23-9-8-20(17-32-23)19-6-5-7-22(31)14-19/h5-10,12,14,17-18,21,24-28H,4,11,13,15-16H2,1-3H3/t18-,21+,24-,25-,26+,27-,28+/m1/s1. The summed E-state index contributed by atoms with van der Waals surface area (Å²) in [5.41, 5.74) is 2.48. The van der Waals surface area contributed by atoms with Gasteiger partial charge in [-0.3, -0.25) is 9.78 Å². The van der Waals surface area contributed by atoms with Gasteiger partial charge in [-0.25, -0.2) is 9.18 Å². The van der Waals surface area contributed by atoms with Crippen molar-refractivity contribution in [1.29, 1.82) is 0 Å². The Hall–Kier alpha value is -3.22. The Labute approximate surface area is 217 Å². The van der Waals surface area contributed by atoms with Gasteiger partial charge in [0.25, 0.3) is 0 Å². The van der Waals surface area contributed by atoms with Gasteiger partial charge < -0.3 is 14.4 Å². The third-order valence-electron chi connectivity index (χ3n) is 8.66. The number of aromatic nitrogens is 1. The number of halogens is 1. The highest BCUT2D eigenvalue weighted by Crippen LogP contribution is 2.54. The van der Waals surface area contributed by atoms with Crippen LogP contribution in [0, 0.1) is 35.4 Å². The second-order valence-corrected chi connectivity index (χ2v) is 10.7. The highest BCUT2D eigenvalue weighted by molar-refractivity contribution is 5.75. The third kappa shape index (κ3) is 5.13. The largest absolute Gasteiger partial charge is 0.462 e. The van der Waals surface area contributed by atoms with Crippen molar-refractivity contribution in [2.24, 2.45) is 29.6 Å². The number of carbonyl (C=O) groups is 2. The number of allylic oxidation sites excluding steroid dienone is 1. The molecule has 0 spiro atoms. The Morgan fingerprint density at radius 1 is 1.22 bits per heavy atom. The number of hydrogen-bond acceptors (Lipinski definition) is 5. The Bertz CT molecular complexity index is 1170. The Morgan fingerprint density at radius 3 is 2.78 bits per heavy atom. The number of pyridine rings is 1. The number of cyclic esters (lactones) is 1. The monoisotopic (exact) mass is 506 g/mol. The van der Waals surface area contributed by atoms with E-state index >= 15 is 0 Å². The molecule has 3 fully saturated rings. The minimum atomic E-state index is -0.280. The maximum Gasteiger partial charge on any atom is 0.409 e. The van der Waals surface area contributed by atoms with Gasteiger partial charge in [0.2, 0.25) is 0 Å².